The van der Waals surface area contributed by atoms with Crippen molar-refractivity contribution in [1.29, 1.82) is 0 Å². The average Bonchev–Trinajstić information content (AvgIpc) is 2.45. The van der Waals surface area contributed by atoms with Crippen LogP contribution in [0.1, 0.15) is 12.8 Å². The topological polar surface area (TPSA) is 56.3 Å². The van der Waals surface area contributed by atoms with E-state index in [2.05, 4.69) is 15.3 Å². The molecule has 1 fully saturated rings. The second-order valence-corrected chi connectivity index (χ2v) is 4.97. The lowest BCUT2D eigenvalue weighted by atomic mass is 10.0. The van der Waals surface area contributed by atoms with Crippen molar-refractivity contribution in [3.63, 3.8) is 0 Å². The Morgan fingerprint density at radius 1 is 1.44 bits per heavy atom. The summed E-state index contributed by atoms with van der Waals surface area (Å²) >= 11 is 1.51. The van der Waals surface area contributed by atoms with Gasteiger partial charge in [0.05, 0.1) is 6.61 Å². The lowest BCUT2D eigenvalue weighted by molar-refractivity contribution is 0.0489. The van der Waals surface area contributed by atoms with Crippen LogP contribution < -0.4 is 10.1 Å². The van der Waals surface area contributed by atoms with Gasteiger partial charge in [0, 0.05) is 26.3 Å². The molecule has 1 aromatic rings. The number of anilines is 1. The first-order valence-electron chi connectivity index (χ1n) is 6.13. The third-order valence-corrected chi connectivity index (χ3v) is 3.48. The Kier molecular flexibility index (Phi) is 5.07. The normalized spacial score (nSPS) is 16.6. The second-order valence-electron chi connectivity index (χ2n) is 4.19. The van der Waals surface area contributed by atoms with E-state index in [0.717, 1.165) is 37.0 Å². The molecule has 0 radical (unpaired) electrons. The molecule has 100 valence electrons. The van der Waals surface area contributed by atoms with Crippen LogP contribution >= 0.6 is 11.8 Å². The Bertz CT molecular complexity index is 361. The first-order valence-corrected chi connectivity index (χ1v) is 7.35. The van der Waals surface area contributed by atoms with E-state index in [1.54, 1.807) is 0 Å². The van der Waals surface area contributed by atoms with Crippen LogP contribution in [0, 0.1) is 5.92 Å². The Morgan fingerprint density at radius 3 is 2.89 bits per heavy atom. The van der Waals surface area contributed by atoms with Crippen LogP contribution in [0.2, 0.25) is 0 Å². The lowest BCUT2D eigenvalue weighted by Crippen LogP contribution is -2.21. The number of hydrogen-bond donors (Lipinski definition) is 1. The fraction of sp³-hybridized carbons (Fsp3) is 0.667. The van der Waals surface area contributed by atoms with Gasteiger partial charge < -0.3 is 14.8 Å². The summed E-state index contributed by atoms with van der Waals surface area (Å²) in [5.74, 6) is 2.01. The van der Waals surface area contributed by atoms with Crippen molar-refractivity contribution in [2.75, 3.05) is 38.4 Å². The molecule has 2 rings (SSSR count). The van der Waals surface area contributed by atoms with Gasteiger partial charge >= 0.3 is 0 Å². The summed E-state index contributed by atoms with van der Waals surface area (Å²) in [4.78, 5) is 8.65. The minimum Gasteiger partial charge on any atom is -0.477 e. The van der Waals surface area contributed by atoms with E-state index in [0.29, 0.717) is 18.4 Å². The first-order chi connectivity index (χ1) is 8.81. The SMILES string of the molecule is CNc1cc(OCC2CCOCC2)nc(SC)n1. The van der Waals surface area contributed by atoms with Crippen LogP contribution in [0.25, 0.3) is 0 Å². The molecule has 0 spiro atoms. The van der Waals surface area contributed by atoms with E-state index in [1.807, 2.05) is 19.4 Å². The van der Waals surface area contributed by atoms with Gasteiger partial charge in [0.15, 0.2) is 5.16 Å². The molecule has 0 unspecified atom stereocenters. The van der Waals surface area contributed by atoms with Gasteiger partial charge in [-0.2, -0.15) is 4.98 Å². The molecule has 2 heterocycles. The van der Waals surface area contributed by atoms with Crippen LogP contribution in [0.15, 0.2) is 11.2 Å². The molecule has 1 aliphatic rings. The van der Waals surface area contributed by atoms with Crippen molar-refractivity contribution >= 4 is 17.6 Å². The summed E-state index contributed by atoms with van der Waals surface area (Å²) in [7, 11) is 1.84. The highest BCUT2D eigenvalue weighted by Gasteiger charge is 2.15. The molecule has 0 aliphatic carbocycles. The smallest absolute Gasteiger partial charge is 0.219 e. The van der Waals surface area contributed by atoms with Crippen molar-refractivity contribution in [3.8, 4) is 5.88 Å². The van der Waals surface area contributed by atoms with E-state index >= 15 is 0 Å². The Labute approximate surface area is 112 Å². The molecule has 6 heteroatoms. The monoisotopic (exact) mass is 269 g/mol. The minimum absolute atomic E-state index is 0.574. The Balaban J connectivity index is 1.94. The summed E-state index contributed by atoms with van der Waals surface area (Å²) in [6.45, 7) is 2.39. The fourth-order valence-electron chi connectivity index (χ4n) is 1.81. The van der Waals surface area contributed by atoms with E-state index in [-0.39, 0.29) is 0 Å². The third kappa shape index (κ3) is 3.74. The van der Waals surface area contributed by atoms with Gasteiger partial charge in [0.1, 0.15) is 5.82 Å². The molecule has 0 bridgehead atoms. The van der Waals surface area contributed by atoms with Crippen molar-refractivity contribution in [1.82, 2.24) is 9.97 Å². The molecule has 5 nitrogen and oxygen atoms in total. The Hall–Kier alpha value is -1.01. The predicted octanol–water partition coefficient (Wildman–Crippen LogP) is 2.05. The maximum Gasteiger partial charge on any atom is 0.219 e. The predicted molar refractivity (Wildman–Crippen MR) is 72.4 cm³/mol. The molecule has 18 heavy (non-hydrogen) atoms. The summed E-state index contributed by atoms with van der Waals surface area (Å²) in [5.41, 5.74) is 0. The van der Waals surface area contributed by atoms with Gasteiger partial charge in [-0.1, -0.05) is 11.8 Å². The highest BCUT2D eigenvalue weighted by molar-refractivity contribution is 7.98. The molecule has 1 aromatic heterocycles. The molecule has 0 atom stereocenters. The largest absolute Gasteiger partial charge is 0.477 e. The van der Waals surface area contributed by atoms with E-state index in [9.17, 15) is 0 Å². The zero-order chi connectivity index (χ0) is 12.8. The van der Waals surface area contributed by atoms with E-state index in [1.165, 1.54) is 11.8 Å². The first kappa shape index (κ1) is 13.4. The van der Waals surface area contributed by atoms with Crippen LogP contribution in [-0.4, -0.2) is 43.1 Å². The van der Waals surface area contributed by atoms with Crippen molar-refractivity contribution in [2.45, 2.75) is 18.0 Å². The fourth-order valence-corrected chi connectivity index (χ4v) is 2.18. The number of rotatable bonds is 5. The Morgan fingerprint density at radius 2 is 2.22 bits per heavy atom. The van der Waals surface area contributed by atoms with Gasteiger partial charge in [-0.15, -0.1) is 0 Å². The number of nitrogens with zero attached hydrogens (tertiary/aromatic N) is 2. The minimum atomic E-state index is 0.574. The molecular weight excluding hydrogens is 250 g/mol. The summed E-state index contributed by atoms with van der Waals surface area (Å²) in [6, 6.07) is 1.83. The molecule has 0 amide bonds. The molecule has 1 aliphatic heterocycles. The quantitative estimate of drug-likeness (QED) is 0.652. The number of nitrogens with one attached hydrogen (secondary N) is 1. The highest BCUT2D eigenvalue weighted by atomic mass is 32.2. The van der Waals surface area contributed by atoms with E-state index in [4.69, 9.17) is 9.47 Å². The molecule has 0 saturated carbocycles. The third-order valence-electron chi connectivity index (χ3n) is 2.93. The summed E-state index contributed by atoms with van der Waals surface area (Å²) in [5, 5.41) is 3.74. The van der Waals surface area contributed by atoms with Crippen molar-refractivity contribution in [2.24, 2.45) is 5.92 Å². The van der Waals surface area contributed by atoms with E-state index < -0.39 is 0 Å². The average molecular weight is 269 g/mol. The number of ether oxygens (including phenoxy) is 2. The van der Waals surface area contributed by atoms with Crippen LogP contribution in [0.4, 0.5) is 5.82 Å². The van der Waals surface area contributed by atoms with Gasteiger partial charge in [0.2, 0.25) is 5.88 Å². The summed E-state index contributed by atoms with van der Waals surface area (Å²) < 4.78 is 11.1. The molecule has 0 aromatic carbocycles. The molecule has 1 N–H and O–H groups in total. The van der Waals surface area contributed by atoms with Crippen molar-refractivity contribution in [3.05, 3.63) is 6.07 Å². The lowest BCUT2D eigenvalue weighted by Gasteiger charge is -2.21. The maximum atomic E-state index is 5.77. The number of hydrogen-bond acceptors (Lipinski definition) is 6. The zero-order valence-electron chi connectivity index (χ0n) is 10.8. The molecule has 1 saturated heterocycles. The number of thioether (sulfide) groups is 1. The highest BCUT2D eigenvalue weighted by Crippen LogP contribution is 2.21. The number of aromatic nitrogens is 2. The second kappa shape index (κ2) is 6.80. The van der Waals surface area contributed by atoms with Gasteiger partial charge in [-0.3, -0.25) is 0 Å². The summed E-state index contributed by atoms with van der Waals surface area (Å²) in [6.07, 6.45) is 4.09. The zero-order valence-corrected chi connectivity index (χ0v) is 11.6. The van der Waals surface area contributed by atoms with Crippen LogP contribution in [0.5, 0.6) is 5.88 Å². The van der Waals surface area contributed by atoms with Gasteiger partial charge in [0.25, 0.3) is 0 Å². The van der Waals surface area contributed by atoms with Crippen LogP contribution in [-0.2, 0) is 4.74 Å². The van der Waals surface area contributed by atoms with Gasteiger partial charge in [-0.25, -0.2) is 4.98 Å². The maximum absolute atomic E-state index is 5.77. The van der Waals surface area contributed by atoms with Crippen molar-refractivity contribution < 1.29 is 9.47 Å². The van der Waals surface area contributed by atoms with Crippen LogP contribution in [0.3, 0.4) is 0 Å². The standard InChI is InChI=1S/C12H19N3O2S/c1-13-10-7-11(15-12(14-10)18-2)17-8-9-3-5-16-6-4-9/h7,9H,3-6,8H2,1-2H3,(H,13,14,15). The van der Waals surface area contributed by atoms with Gasteiger partial charge in [-0.05, 0) is 25.0 Å². The molecular formula is C12H19N3O2S.